The minimum atomic E-state index is -1.76. The van der Waals surface area contributed by atoms with Crippen LogP contribution >= 0.6 is 0 Å². The molecule has 2 bridgehead atoms. The normalized spacial score (nSPS) is 38.7. The summed E-state index contributed by atoms with van der Waals surface area (Å²) in [6.07, 6.45) is -0.733. The van der Waals surface area contributed by atoms with Crippen LogP contribution in [0.1, 0.15) is 79.1 Å². The highest BCUT2D eigenvalue weighted by Gasteiger charge is 2.50. The molecule has 1 amide bonds. The number of piperidine rings is 1. The van der Waals surface area contributed by atoms with E-state index < -0.39 is 60.3 Å². The summed E-state index contributed by atoms with van der Waals surface area (Å²) >= 11 is 0. The van der Waals surface area contributed by atoms with E-state index >= 15 is 0 Å². The van der Waals surface area contributed by atoms with E-state index in [4.69, 9.17) is 18.9 Å². The van der Waals surface area contributed by atoms with Gasteiger partial charge in [-0.25, -0.2) is 4.79 Å². The van der Waals surface area contributed by atoms with Crippen LogP contribution in [0.25, 0.3) is 0 Å². The van der Waals surface area contributed by atoms with Crippen LogP contribution in [0.4, 0.5) is 0 Å². The zero-order valence-corrected chi connectivity index (χ0v) is 25.8. The number of ketones is 2. The Bertz CT molecular complexity index is 998. The average Bonchev–Trinajstić information content (AvgIpc) is 2.96. The number of hydrogen-bond acceptors (Lipinski definition) is 10. The first-order valence-corrected chi connectivity index (χ1v) is 15.1. The summed E-state index contributed by atoms with van der Waals surface area (Å²) < 4.78 is 23.3. The molecule has 0 aromatic carbocycles. The number of cyclic esters (lactones) is 1. The Morgan fingerprint density at radius 1 is 0.929 bits per heavy atom. The topological polar surface area (TPSA) is 149 Å². The molecule has 2 N–H and O–H groups in total. The Hall–Kier alpha value is -2.18. The molecule has 0 aliphatic carbocycles. The second-order valence-electron chi connectivity index (χ2n) is 12.5. The average molecular weight is 596 g/mol. The molecular weight excluding hydrogens is 546 g/mol. The number of Topliss-reactive ketones (excluding diaryl/α,β-unsaturated/α-hetero) is 2. The van der Waals surface area contributed by atoms with Crippen molar-refractivity contribution < 1.29 is 48.3 Å². The molecule has 0 aromatic rings. The highest BCUT2D eigenvalue weighted by Crippen LogP contribution is 2.34. The fourth-order valence-electron chi connectivity index (χ4n) is 6.30. The van der Waals surface area contributed by atoms with E-state index in [1.165, 1.54) is 0 Å². The largest absolute Gasteiger partial charge is 0.464 e. The van der Waals surface area contributed by atoms with Gasteiger partial charge in [0.1, 0.15) is 24.0 Å². The lowest BCUT2D eigenvalue weighted by Gasteiger charge is -2.44. The van der Waals surface area contributed by atoms with E-state index in [0.29, 0.717) is 32.1 Å². The SMILES string of the molecule is COC1CC(C)CC(C)=CCC(=O)CCC(C)COC(=O)C2CCC(O)C(O)N2C(=O)C(=O)C2OC1C(OC)CC2C. The third kappa shape index (κ3) is 8.47. The summed E-state index contributed by atoms with van der Waals surface area (Å²) in [5.41, 5.74) is 1.09. The molecule has 0 spiro atoms. The third-order valence-corrected chi connectivity index (χ3v) is 8.85. The Morgan fingerprint density at radius 2 is 1.60 bits per heavy atom. The van der Waals surface area contributed by atoms with Gasteiger partial charge in [-0.15, -0.1) is 0 Å². The first-order chi connectivity index (χ1) is 19.9. The van der Waals surface area contributed by atoms with Gasteiger partial charge in [-0.3, -0.25) is 19.3 Å². The van der Waals surface area contributed by atoms with E-state index in [-0.39, 0.29) is 43.2 Å². The lowest BCUT2D eigenvalue weighted by molar-refractivity contribution is -0.203. The predicted molar refractivity (Wildman–Crippen MR) is 152 cm³/mol. The van der Waals surface area contributed by atoms with Crippen molar-refractivity contribution in [3.63, 3.8) is 0 Å². The minimum absolute atomic E-state index is 0.0187. The van der Waals surface area contributed by atoms with Gasteiger partial charge in [0.2, 0.25) is 5.78 Å². The summed E-state index contributed by atoms with van der Waals surface area (Å²) in [5.74, 6) is -3.04. The first kappa shape index (κ1) is 34.3. The molecule has 3 aliphatic heterocycles. The molecule has 11 nitrogen and oxygen atoms in total. The predicted octanol–water partition coefficient (Wildman–Crippen LogP) is 2.34. The van der Waals surface area contributed by atoms with Crippen molar-refractivity contribution in [2.75, 3.05) is 20.8 Å². The molecule has 3 heterocycles. The molecule has 2 saturated heterocycles. The van der Waals surface area contributed by atoms with Gasteiger partial charge in [0.25, 0.3) is 5.91 Å². The van der Waals surface area contributed by atoms with E-state index in [9.17, 15) is 29.4 Å². The Morgan fingerprint density at radius 3 is 2.26 bits per heavy atom. The Labute approximate surface area is 248 Å². The van der Waals surface area contributed by atoms with Crippen LogP contribution in [0, 0.1) is 17.8 Å². The Kier molecular flexibility index (Phi) is 12.7. The summed E-state index contributed by atoms with van der Waals surface area (Å²) in [6, 6.07) is -1.25. The number of carbonyl (C=O) groups is 4. The van der Waals surface area contributed by atoms with Crippen molar-refractivity contribution in [3.8, 4) is 0 Å². The molecule has 0 saturated carbocycles. The van der Waals surface area contributed by atoms with Crippen LogP contribution in [0.5, 0.6) is 0 Å². The smallest absolute Gasteiger partial charge is 0.328 e. The highest BCUT2D eigenvalue weighted by molar-refractivity contribution is 6.38. The van der Waals surface area contributed by atoms with Crippen molar-refractivity contribution in [3.05, 3.63) is 11.6 Å². The highest BCUT2D eigenvalue weighted by atomic mass is 16.6. The molecule has 10 atom stereocenters. The fraction of sp³-hybridized carbons (Fsp3) is 0.806. The minimum Gasteiger partial charge on any atom is -0.464 e. The number of fused-ring (bicyclic) bond motifs is 3. The number of esters is 1. The zero-order valence-electron chi connectivity index (χ0n) is 25.8. The summed E-state index contributed by atoms with van der Waals surface area (Å²) in [4.78, 5) is 53.7. The molecule has 10 unspecified atom stereocenters. The van der Waals surface area contributed by atoms with Crippen LogP contribution in [-0.2, 0) is 38.1 Å². The maximum Gasteiger partial charge on any atom is 0.328 e. The van der Waals surface area contributed by atoms with Gasteiger partial charge in [0.15, 0.2) is 6.23 Å². The molecular formula is C31H49NO10. The summed E-state index contributed by atoms with van der Waals surface area (Å²) in [7, 11) is 3.13. The maximum atomic E-state index is 13.7. The van der Waals surface area contributed by atoms with Crippen molar-refractivity contribution in [1.82, 2.24) is 4.90 Å². The molecule has 11 heteroatoms. The molecule has 3 rings (SSSR count). The van der Waals surface area contributed by atoms with Gasteiger partial charge in [-0.1, -0.05) is 32.4 Å². The van der Waals surface area contributed by atoms with Crippen molar-refractivity contribution >= 4 is 23.4 Å². The number of aliphatic hydroxyl groups is 2. The maximum absolute atomic E-state index is 13.7. The van der Waals surface area contributed by atoms with Gasteiger partial charge >= 0.3 is 5.97 Å². The van der Waals surface area contributed by atoms with E-state index in [1.54, 1.807) is 21.1 Å². The van der Waals surface area contributed by atoms with E-state index in [2.05, 4.69) is 6.92 Å². The monoisotopic (exact) mass is 595 g/mol. The lowest BCUT2D eigenvalue weighted by Crippen LogP contribution is -2.63. The third-order valence-electron chi connectivity index (χ3n) is 8.85. The van der Waals surface area contributed by atoms with Crippen molar-refractivity contribution in [2.24, 2.45) is 17.8 Å². The van der Waals surface area contributed by atoms with Gasteiger partial charge in [-0.05, 0) is 63.2 Å². The number of ether oxygens (including phenoxy) is 4. The second kappa shape index (κ2) is 15.5. The van der Waals surface area contributed by atoms with Gasteiger partial charge in [0, 0.05) is 27.1 Å². The fourth-order valence-corrected chi connectivity index (χ4v) is 6.30. The number of rotatable bonds is 2. The molecule has 3 aliphatic rings. The van der Waals surface area contributed by atoms with Crippen LogP contribution in [0.15, 0.2) is 11.6 Å². The number of amides is 1. The lowest BCUT2D eigenvalue weighted by atomic mass is 9.84. The molecule has 42 heavy (non-hydrogen) atoms. The van der Waals surface area contributed by atoms with Crippen molar-refractivity contribution in [1.29, 1.82) is 0 Å². The summed E-state index contributed by atoms with van der Waals surface area (Å²) in [6.45, 7) is 7.75. The van der Waals surface area contributed by atoms with Crippen LogP contribution in [-0.4, -0.2) is 102 Å². The first-order valence-electron chi connectivity index (χ1n) is 15.1. The number of methoxy groups -OCH3 is 2. The van der Waals surface area contributed by atoms with Gasteiger partial charge < -0.3 is 29.2 Å². The summed E-state index contributed by atoms with van der Waals surface area (Å²) in [5, 5.41) is 21.1. The molecule has 0 radical (unpaired) electrons. The quantitative estimate of drug-likeness (QED) is 0.277. The van der Waals surface area contributed by atoms with Crippen LogP contribution in [0.3, 0.4) is 0 Å². The zero-order chi connectivity index (χ0) is 31.1. The van der Waals surface area contributed by atoms with Crippen molar-refractivity contribution in [2.45, 2.75) is 122 Å². The van der Waals surface area contributed by atoms with E-state index in [1.807, 2.05) is 19.9 Å². The molecule has 238 valence electrons. The van der Waals surface area contributed by atoms with Crippen LogP contribution in [0.2, 0.25) is 0 Å². The standard InChI is InChI=1S/C31H49NO10/c1-17-7-9-21(33)10-8-18(2)16-41-31(38)22-11-12-23(34)29(36)32(22)30(37)26(35)27-20(4)15-25(40-6)28(42-27)24(39-5)14-19(3)13-17/h7,18-20,22-25,27-29,34,36H,8-16H2,1-6H3. The number of carbonyl (C=O) groups excluding carboxylic acids is 4. The second-order valence-corrected chi connectivity index (χ2v) is 12.5. The number of nitrogens with zero attached hydrogens (tertiary/aromatic N) is 1. The Balaban J connectivity index is 1.94. The molecule has 2 fully saturated rings. The molecule has 0 aromatic heterocycles. The number of allylic oxidation sites excluding steroid dienone is 2. The van der Waals surface area contributed by atoms with Gasteiger partial charge in [0.05, 0.1) is 24.9 Å². The van der Waals surface area contributed by atoms with Gasteiger partial charge in [-0.2, -0.15) is 0 Å². The number of aliphatic hydroxyl groups excluding tert-OH is 2. The van der Waals surface area contributed by atoms with Crippen LogP contribution < -0.4 is 0 Å². The van der Waals surface area contributed by atoms with E-state index in [0.717, 1.165) is 16.9 Å². The number of hydrogen-bond donors (Lipinski definition) is 2.